The van der Waals surface area contributed by atoms with Crippen molar-refractivity contribution in [1.82, 2.24) is 10.1 Å². The molecule has 0 aliphatic carbocycles. The van der Waals surface area contributed by atoms with E-state index >= 15 is 0 Å². The molecule has 3 aromatic carbocycles. The van der Waals surface area contributed by atoms with Gasteiger partial charge in [-0.15, -0.1) is 0 Å². The number of hydrogen-bond acceptors (Lipinski definition) is 5. The quantitative estimate of drug-likeness (QED) is 0.380. The standard InChI is InChI=1S/C24H18F3N3O3/c1-32-20-13-7-16(8-14-20)15-30(19-5-3-2-4-6-19)22(31)18-11-9-17(10-12-18)21-28-23(33-29-21)24(25,26)27/h2-14H,15H2,1H3. The van der Waals surface area contributed by atoms with Crippen LogP contribution < -0.4 is 9.64 Å². The molecule has 0 fully saturated rings. The normalized spacial score (nSPS) is 11.3. The van der Waals surface area contributed by atoms with Gasteiger partial charge >= 0.3 is 12.1 Å². The van der Waals surface area contributed by atoms with Gasteiger partial charge in [-0.25, -0.2) is 0 Å². The maximum Gasteiger partial charge on any atom is 0.471 e. The lowest BCUT2D eigenvalue weighted by Crippen LogP contribution is -2.30. The summed E-state index contributed by atoms with van der Waals surface area (Å²) < 4.78 is 47.6. The molecule has 0 bridgehead atoms. The van der Waals surface area contributed by atoms with Crippen molar-refractivity contribution < 1.29 is 27.2 Å². The topological polar surface area (TPSA) is 68.5 Å². The lowest BCUT2D eigenvalue weighted by Gasteiger charge is -2.23. The first kappa shape index (κ1) is 22.1. The van der Waals surface area contributed by atoms with Gasteiger partial charge in [-0.3, -0.25) is 4.79 Å². The van der Waals surface area contributed by atoms with Crippen LogP contribution in [0.5, 0.6) is 5.75 Å². The zero-order valence-electron chi connectivity index (χ0n) is 17.4. The lowest BCUT2D eigenvalue weighted by atomic mass is 10.1. The molecule has 33 heavy (non-hydrogen) atoms. The van der Waals surface area contributed by atoms with E-state index in [4.69, 9.17) is 4.74 Å². The number of amides is 1. The van der Waals surface area contributed by atoms with Gasteiger partial charge in [-0.2, -0.15) is 18.2 Å². The fourth-order valence-electron chi connectivity index (χ4n) is 3.18. The van der Waals surface area contributed by atoms with Gasteiger partial charge in [0, 0.05) is 16.8 Å². The van der Waals surface area contributed by atoms with Crippen LogP contribution in [0.25, 0.3) is 11.4 Å². The zero-order valence-corrected chi connectivity index (χ0v) is 17.4. The molecule has 0 radical (unpaired) electrons. The zero-order chi connectivity index (χ0) is 23.4. The Morgan fingerprint density at radius 1 is 0.970 bits per heavy atom. The first-order chi connectivity index (χ1) is 15.8. The third-order valence-electron chi connectivity index (χ3n) is 4.87. The summed E-state index contributed by atoms with van der Waals surface area (Å²) in [5, 5.41) is 3.37. The van der Waals surface area contributed by atoms with E-state index in [0.717, 1.165) is 5.56 Å². The minimum atomic E-state index is -4.72. The smallest absolute Gasteiger partial charge is 0.471 e. The third-order valence-corrected chi connectivity index (χ3v) is 4.87. The van der Waals surface area contributed by atoms with Crippen molar-refractivity contribution in [1.29, 1.82) is 0 Å². The van der Waals surface area contributed by atoms with Crippen LogP contribution in [0.4, 0.5) is 18.9 Å². The SMILES string of the molecule is COc1ccc(CN(C(=O)c2ccc(-c3noc(C(F)(F)F)n3)cc2)c2ccccc2)cc1. The highest BCUT2D eigenvalue weighted by Crippen LogP contribution is 2.29. The maximum atomic E-state index is 13.4. The number of nitrogens with zero attached hydrogens (tertiary/aromatic N) is 3. The molecule has 9 heteroatoms. The third kappa shape index (κ3) is 5.03. The van der Waals surface area contributed by atoms with Crippen LogP contribution in [0.3, 0.4) is 0 Å². The number of methoxy groups -OCH3 is 1. The summed E-state index contributed by atoms with van der Waals surface area (Å²) in [4.78, 5) is 18.3. The molecule has 0 atom stereocenters. The predicted molar refractivity (Wildman–Crippen MR) is 115 cm³/mol. The summed E-state index contributed by atoms with van der Waals surface area (Å²) in [5.74, 6) is -1.19. The van der Waals surface area contributed by atoms with E-state index < -0.39 is 12.1 Å². The van der Waals surface area contributed by atoms with Crippen molar-refractivity contribution >= 4 is 11.6 Å². The lowest BCUT2D eigenvalue weighted by molar-refractivity contribution is -0.159. The maximum absolute atomic E-state index is 13.4. The van der Waals surface area contributed by atoms with Gasteiger partial charge in [0.2, 0.25) is 5.82 Å². The molecule has 1 aromatic heterocycles. The summed E-state index contributed by atoms with van der Waals surface area (Å²) >= 11 is 0. The Hall–Kier alpha value is -4.14. The summed E-state index contributed by atoms with van der Waals surface area (Å²) in [6.07, 6.45) is -4.72. The molecular weight excluding hydrogens is 435 g/mol. The number of hydrogen-bond donors (Lipinski definition) is 0. The summed E-state index contributed by atoms with van der Waals surface area (Å²) in [7, 11) is 1.58. The molecule has 0 spiro atoms. The fraction of sp³-hybridized carbons (Fsp3) is 0.125. The molecular formula is C24H18F3N3O3. The number of para-hydroxylation sites is 1. The van der Waals surface area contributed by atoms with Gasteiger partial charge in [-0.1, -0.05) is 47.6 Å². The molecule has 0 aliphatic rings. The molecule has 0 aliphatic heterocycles. The molecule has 4 aromatic rings. The van der Waals surface area contributed by atoms with Crippen LogP contribution in [-0.4, -0.2) is 23.2 Å². The highest BCUT2D eigenvalue weighted by atomic mass is 19.4. The molecule has 0 N–H and O–H groups in total. The van der Waals surface area contributed by atoms with Crippen molar-refractivity contribution in [2.24, 2.45) is 0 Å². The number of alkyl halides is 3. The number of anilines is 1. The first-order valence-electron chi connectivity index (χ1n) is 9.86. The van der Waals surface area contributed by atoms with Crippen molar-refractivity contribution in [2.75, 3.05) is 12.0 Å². The van der Waals surface area contributed by atoms with Gasteiger partial charge in [0.15, 0.2) is 0 Å². The monoisotopic (exact) mass is 453 g/mol. The Balaban J connectivity index is 1.59. The van der Waals surface area contributed by atoms with Gasteiger partial charge < -0.3 is 14.2 Å². The number of aromatic nitrogens is 2. The predicted octanol–water partition coefficient (Wildman–Crippen LogP) is 5.61. The van der Waals surface area contributed by atoms with Crippen LogP contribution in [-0.2, 0) is 12.7 Å². The Kier molecular flexibility index (Phi) is 6.12. The van der Waals surface area contributed by atoms with E-state index in [2.05, 4.69) is 14.7 Å². The van der Waals surface area contributed by atoms with Crippen LogP contribution in [0, 0.1) is 0 Å². The molecule has 4 rings (SSSR count). The number of halogens is 3. The average Bonchev–Trinajstić information content (AvgIpc) is 3.34. The molecule has 168 valence electrons. The van der Waals surface area contributed by atoms with Crippen LogP contribution in [0.15, 0.2) is 83.4 Å². The van der Waals surface area contributed by atoms with E-state index in [1.54, 1.807) is 12.0 Å². The number of rotatable bonds is 6. The Morgan fingerprint density at radius 2 is 1.64 bits per heavy atom. The second kappa shape index (κ2) is 9.15. The molecule has 6 nitrogen and oxygen atoms in total. The summed E-state index contributed by atoms with van der Waals surface area (Å²) in [6.45, 7) is 0.314. The molecule has 0 saturated carbocycles. The molecule has 1 amide bonds. The Morgan fingerprint density at radius 3 is 2.21 bits per heavy atom. The van der Waals surface area contributed by atoms with Crippen LogP contribution >= 0.6 is 0 Å². The largest absolute Gasteiger partial charge is 0.497 e. The van der Waals surface area contributed by atoms with E-state index in [1.807, 2.05) is 54.6 Å². The molecule has 0 unspecified atom stereocenters. The van der Waals surface area contributed by atoms with Crippen molar-refractivity contribution in [3.05, 3.63) is 95.9 Å². The average molecular weight is 453 g/mol. The summed E-state index contributed by atoms with van der Waals surface area (Å²) in [6, 6.07) is 22.6. The Labute approximate surface area is 187 Å². The first-order valence-corrected chi connectivity index (χ1v) is 9.86. The number of carbonyl (C=O) groups excluding carboxylic acids is 1. The highest BCUT2D eigenvalue weighted by Gasteiger charge is 2.38. The van der Waals surface area contributed by atoms with Gasteiger partial charge in [0.25, 0.3) is 5.91 Å². The second-order valence-corrected chi connectivity index (χ2v) is 7.07. The van der Waals surface area contributed by atoms with Crippen molar-refractivity contribution in [3.63, 3.8) is 0 Å². The minimum absolute atomic E-state index is 0.209. The summed E-state index contributed by atoms with van der Waals surface area (Å²) in [5.41, 5.74) is 2.26. The van der Waals surface area contributed by atoms with Gasteiger partial charge in [0.05, 0.1) is 13.7 Å². The molecule has 0 saturated heterocycles. The number of ether oxygens (including phenoxy) is 1. The fourth-order valence-corrected chi connectivity index (χ4v) is 3.18. The highest BCUT2D eigenvalue weighted by molar-refractivity contribution is 6.06. The van der Waals surface area contributed by atoms with E-state index in [-0.39, 0.29) is 11.7 Å². The minimum Gasteiger partial charge on any atom is -0.497 e. The van der Waals surface area contributed by atoms with E-state index in [0.29, 0.717) is 29.1 Å². The van der Waals surface area contributed by atoms with Gasteiger partial charge in [-0.05, 0) is 42.0 Å². The van der Waals surface area contributed by atoms with Crippen molar-refractivity contribution in [2.45, 2.75) is 12.7 Å². The number of carbonyl (C=O) groups is 1. The van der Waals surface area contributed by atoms with E-state index in [9.17, 15) is 18.0 Å². The second-order valence-electron chi connectivity index (χ2n) is 7.07. The van der Waals surface area contributed by atoms with Crippen molar-refractivity contribution in [3.8, 4) is 17.1 Å². The van der Waals surface area contributed by atoms with Crippen LogP contribution in [0.1, 0.15) is 21.8 Å². The Bertz CT molecular complexity index is 1220. The van der Waals surface area contributed by atoms with Gasteiger partial charge in [0.1, 0.15) is 5.75 Å². The van der Waals surface area contributed by atoms with Crippen LogP contribution in [0.2, 0.25) is 0 Å². The number of benzene rings is 3. The van der Waals surface area contributed by atoms with E-state index in [1.165, 1.54) is 24.3 Å². The molecule has 1 heterocycles.